The molecular formula is C18H16N4O3S2. The first-order chi connectivity index (χ1) is 13.1. The van der Waals surface area contributed by atoms with Crippen LogP contribution in [0.15, 0.2) is 58.9 Å². The number of rotatable bonds is 7. The number of hydrogen-bond donors (Lipinski definition) is 2. The molecule has 0 spiro atoms. The third kappa shape index (κ3) is 5.53. The molecule has 2 amide bonds. The van der Waals surface area contributed by atoms with Crippen molar-refractivity contribution in [3.63, 3.8) is 0 Å². The van der Waals surface area contributed by atoms with Crippen LogP contribution in [0.25, 0.3) is 0 Å². The number of thioether (sulfide) groups is 1. The van der Waals surface area contributed by atoms with E-state index < -0.39 is 0 Å². The molecular weight excluding hydrogens is 384 g/mol. The van der Waals surface area contributed by atoms with Crippen LogP contribution in [0.2, 0.25) is 0 Å². The number of carbonyl (C=O) groups is 2. The Bertz CT molecular complexity index is 897. The molecule has 0 aliphatic heterocycles. The number of amides is 2. The first kappa shape index (κ1) is 18.9. The van der Waals surface area contributed by atoms with E-state index in [9.17, 15) is 9.59 Å². The average molecular weight is 400 g/mol. The molecule has 0 fully saturated rings. The summed E-state index contributed by atoms with van der Waals surface area (Å²) < 4.78 is 5.08. The van der Waals surface area contributed by atoms with Gasteiger partial charge in [0.25, 0.3) is 5.91 Å². The van der Waals surface area contributed by atoms with Crippen LogP contribution in [0.5, 0.6) is 5.75 Å². The Morgan fingerprint density at radius 3 is 2.52 bits per heavy atom. The molecule has 2 aromatic heterocycles. The second-order valence-corrected chi connectivity index (χ2v) is 7.20. The molecule has 27 heavy (non-hydrogen) atoms. The van der Waals surface area contributed by atoms with Crippen molar-refractivity contribution in [2.75, 3.05) is 23.5 Å². The molecule has 0 aliphatic rings. The summed E-state index contributed by atoms with van der Waals surface area (Å²) in [7, 11) is 1.59. The number of nitrogens with one attached hydrogen (secondary N) is 2. The molecule has 0 saturated carbocycles. The van der Waals surface area contributed by atoms with E-state index in [1.807, 2.05) is 11.4 Å². The van der Waals surface area contributed by atoms with Gasteiger partial charge in [-0.05, 0) is 47.8 Å². The predicted octanol–water partition coefficient (Wildman–Crippen LogP) is 3.53. The summed E-state index contributed by atoms with van der Waals surface area (Å²) in [5, 5.41) is 15.9. The van der Waals surface area contributed by atoms with Crippen molar-refractivity contribution in [3.8, 4) is 5.75 Å². The highest BCUT2D eigenvalue weighted by Crippen LogP contribution is 2.18. The molecule has 0 bridgehead atoms. The van der Waals surface area contributed by atoms with Gasteiger partial charge < -0.3 is 15.4 Å². The van der Waals surface area contributed by atoms with Gasteiger partial charge in [-0.3, -0.25) is 9.59 Å². The van der Waals surface area contributed by atoms with Crippen molar-refractivity contribution in [2.45, 2.75) is 5.03 Å². The lowest BCUT2D eigenvalue weighted by atomic mass is 10.3. The zero-order chi connectivity index (χ0) is 19.1. The molecule has 3 aromatic rings. The van der Waals surface area contributed by atoms with Crippen LogP contribution in [0, 0.1) is 0 Å². The first-order valence-corrected chi connectivity index (χ1v) is 9.76. The minimum absolute atomic E-state index is 0.151. The summed E-state index contributed by atoms with van der Waals surface area (Å²) in [5.74, 6) is 0.909. The van der Waals surface area contributed by atoms with E-state index in [1.165, 1.54) is 23.1 Å². The molecule has 2 N–H and O–H groups in total. The zero-order valence-electron chi connectivity index (χ0n) is 14.3. The van der Waals surface area contributed by atoms with Crippen LogP contribution in [-0.4, -0.2) is 34.9 Å². The molecule has 0 unspecified atom stereocenters. The molecule has 2 heterocycles. The summed E-state index contributed by atoms with van der Waals surface area (Å²) in [6.45, 7) is 0. The van der Waals surface area contributed by atoms with Gasteiger partial charge in [-0.1, -0.05) is 17.8 Å². The summed E-state index contributed by atoms with van der Waals surface area (Å²) in [4.78, 5) is 24.6. The number of carbonyl (C=O) groups excluding carboxylic acids is 2. The molecule has 7 nitrogen and oxygen atoms in total. The summed E-state index contributed by atoms with van der Waals surface area (Å²) in [6.07, 6.45) is 0. The van der Waals surface area contributed by atoms with Crippen LogP contribution in [-0.2, 0) is 4.79 Å². The first-order valence-electron chi connectivity index (χ1n) is 7.89. The number of aromatic nitrogens is 2. The fourth-order valence-electron chi connectivity index (χ4n) is 2.06. The summed E-state index contributed by atoms with van der Waals surface area (Å²) in [6, 6.07) is 14.0. The van der Waals surface area contributed by atoms with E-state index >= 15 is 0 Å². The van der Waals surface area contributed by atoms with Crippen molar-refractivity contribution in [1.82, 2.24) is 10.2 Å². The van der Waals surface area contributed by atoms with Crippen molar-refractivity contribution >= 4 is 46.4 Å². The number of benzene rings is 1. The van der Waals surface area contributed by atoms with E-state index in [0.29, 0.717) is 21.4 Å². The van der Waals surface area contributed by atoms with Gasteiger partial charge in [0.1, 0.15) is 10.8 Å². The Morgan fingerprint density at radius 2 is 1.89 bits per heavy atom. The minimum atomic E-state index is -0.224. The maximum Gasteiger partial charge on any atom is 0.266 e. The second-order valence-electron chi connectivity index (χ2n) is 5.25. The van der Waals surface area contributed by atoms with E-state index in [1.54, 1.807) is 49.6 Å². The largest absolute Gasteiger partial charge is 0.497 e. The highest BCUT2D eigenvalue weighted by Gasteiger charge is 2.09. The number of ether oxygens (including phenoxy) is 1. The number of methoxy groups -OCH3 is 1. The van der Waals surface area contributed by atoms with Crippen LogP contribution >= 0.6 is 23.1 Å². The molecule has 0 saturated heterocycles. The minimum Gasteiger partial charge on any atom is -0.497 e. The molecule has 9 heteroatoms. The van der Waals surface area contributed by atoms with Crippen LogP contribution in [0.3, 0.4) is 0 Å². The van der Waals surface area contributed by atoms with Gasteiger partial charge in [-0.25, -0.2) is 0 Å². The summed E-state index contributed by atoms with van der Waals surface area (Å²) >= 11 is 2.61. The van der Waals surface area contributed by atoms with Gasteiger partial charge in [0.15, 0.2) is 5.82 Å². The average Bonchev–Trinajstić information content (AvgIpc) is 3.23. The fraction of sp³-hybridized carbons (Fsp3) is 0.111. The molecule has 0 radical (unpaired) electrons. The maximum atomic E-state index is 12.0. The van der Waals surface area contributed by atoms with Gasteiger partial charge >= 0.3 is 0 Å². The topological polar surface area (TPSA) is 93.2 Å². The smallest absolute Gasteiger partial charge is 0.266 e. The van der Waals surface area contributed by atoms with Crippen molar-refractivity contribution in [3.05, 3.63) is 58.8 Å². The lowest BCUT2D eigenvalue weighted by Crippen LogP contribution is -2.14. The lowest BCUT2D eigenvalue weighted by Gasteiger charge is -2.06. The van der Waals surface area contributed by atoms with Crippen LogP contribution in [0.4, 0.5) is 11.5 Å². The third-order valence-corrected chi connectivity index (χ3v) is 5.14. The predicted molar refractivity (Wildman–Crippen MR) is 107 cm³/mol. The van der Waals surface area contributed by atoms with E-state index in [0.717, 1.165) is 5.75 Å². The monoisotopic (exact) mass is 400 g/mol. The van der Waals surface area contributed by atoms with Crippen molar-refractivity contribution in [1.29, 1.82) is 0 Å². The normalized spacial score (nSPS) is 10.3. The van der Waals surface area contributed by atoms with Crippen molar-refractivity contribution < 1.29 is 14.3 Å². The highest BCUT2D eigenvalue weighted by molar-refractivity contribution is 7.99. The Labute approximate surface area is 164 Å². The number of hydrogen-bond acceptors (Lipinski definition) is 7. The standard InChI is InChI=1S/C18H16N4O3S2/c1-25-13-6-4-12(5-7-13)19-16(23)11-27-17-9-8-15(21-22-17)20-18(24)14-3-2-10-26-14/h2-10H,11H2,1H3,(H,19,23)(H,20,21,24). The van der Waals surface area contributed by atoms with Gasteiger partial charge in [0, 0.05) is 5.69 Å². The zero-order valence-corrected chi connectivity index (χ0v) is 16.0. The second kappa shape index (κ2) is 9.15. The number of thiophene rings is 1. The Morgan fingerprint density at radius 1 is 1.07 bits per heavy atom. The van der Waals surface area contributed by atoms with E-state index in [4.69, 9.17) is 4.74 Å². The van der Waals surface area contributed by atoms with Gasteiger partial charge in [0.05, 0.1) is 17.7 Å². The Kier molecular flexibility index (Phi) is 6.39. The molecule has 3 rings (SSSR count). The number of nitrogens with zero attached hydrogens (tertiary/aromatic N) is 2. The Balaban J connectivity index is 1.47. The van der Waals surface area contributed by atoms with Gasteiger partial charge in [0.2, 0.25) is 5.91 Å². The van der Waals surface area contributed by atoms with Crippen molar-refractivity contribution in [2.24, 2.45) is 0 Å². The van der Waals surface area contributed by atoms with Gasteiger partial charge in [-0.2, -0.15) is 0 Å². The SMILES string of the molecule is COc1ccc(NC(=O)CSc2ccc(NC(=O)c3cccs3)nn2)cc1. The third-order valence-electron chi connectivity index (χ3n) is 3.35. The van der Waals surface area contributed by atoms with E-state index in [-0.39, 0.29) is 17.6 Å². The maximum absolute atomic E-state index is 12.0. The van der Waals surface area contributed by atoms with Crippen LogP contribution < -0.4 is 15.4 Å². The summed E-state index contributed by atoms with van der Waals surface area (Å²) in [5.41, 5.74) is 0.694. The highest BCUT2D eigenvalue weighted by atomic mass is 32.2. The molecule has 138 valence electrons. The Hall–Kier alpha value is -2.91. The lowest BCUT2D eigenvalue weighted by molar-refractivity contribution is -0.113. The number of anilines is 2. The molecule has 0 aliphatic carbocycles. The quantitative estimate of drug-likeness (QED) is 0.590. The molecule has 0 atom stereocenters. The van der Waals surface area contributed by atoms with Crippen LogP contribution in [0.1, 0.15) is 9.67 Å². The fourth-order valence-corrected chi connectivity index (χ4v) is 3.29. The van der Waals surface area contributed by atoms with E-state index in [2.05, 4.69) is 20.8 Å². The molecule has 1 aromatic carbocycles. The van der Waals surface area contributed by atoms with Gasteiger partial charge in [-0.15, -0.1) is 21.5 Å².